The third kappa shape index (κ3) is 5.10. The lowest BCUT2D eigenvalue weighted by Crippen LogP contribution is -2.58. The summed E-state index contributed by atoms with van der Waals surface area (Å²) in [6.45, 7) is 0.719. The monoisotopic (exact) mass is 544 g/mol. The lowest BCUT2D eigenvalue weighted by molar-refractivity contribution is -0.0389. The number of H-pyrrole nitrogens is 1. The number of hydrogen-bond acceptors (Lipinski definition) is 4. The van der Waals surface area contributed by atoms with Gasteiger partial charge in [-0.15, -0.1) is 0 Å². The van der Waals surface area contributed by atoms with Crippen molar-refractivity contribution in [3.8, 4) is 5.69 Å². The fourth-order valence-electron chi connectivity index (χ4n) is 5.85. The zero-order valence-corrected chi connectivity index (χ0v) is 22.0. The van der Waals surface area contributed by atoms with Gasteiger partial charge in [0, 0.05) is 58.8 Å². The van der Waals surface area contributed by atoms with Gasteiger partial charge in [-0.3, -0.25) is 19.0 Å². The van der Waals surface area contributed by atoms with E-state index in [0.29, 0.717) is 34.7 Å². The predicted molar refractivity (Wildman–Crippen MR) is 150 cm³/mol. The van der Waals surface area contributed by atoms with Crippen LogP contribution in [0.4, 0.5) is 0 Å². The average Bonchev–Trinajstić information content (AvgIpc) is 3.56. The third-order valence-electron chi connectivity index (χ3n) is 7.93. The molecule has 1 unspecified atom stereocenters. The van der Waals surface area contributed by atoms with Gasteiger partial charge >= 0.3 is 0 Å². The lowest BCUT2D eigenvalue weighted by Gasteiger charge is -2.42. The van der Waals surface area contributed by atoms with Gasteiger partial charge in [0.25, 0.3) is 17.4 Å². The lowest BCUT2D eigenvalue weighted by atomic mass is 9.77. The molecule has 1 spiro atoms. The van der Waals surface area contributed by atoms with E-state index in [4.69, 9.17) is 16.3 Å². The van der Waals surface area contributed by atoms with Crippen molar-refractivity contribution in [2.75, 3.05) is 6.61 Å². The van der Waals surface area contributed by atoms with Gasteiger partial charge in [0.15, 0.2) is 0 Å². The summed E-state index contributed by atoms with van der Waals surface area (Å²) in [5, 5.41) is 7.80. The number of carbonyl (C=O) groups excluding carboxylic acids is 2. The first-order chi connectivity index (χ1) is 18.9. The molecule has 4 aromatic rings. The van der Waals surface area contributed by atoms with Gasteiger partial charge in [0.05, 0.1) is 16.7 Å². The number of pyridine rings is 1. The van der Waals surface area contributed by atoms with Crippen molar-refractivity contribution >= 4 is 34.3 Å². The van der Waals surface area contributed by atoms with Crippen LogP contribution in [0.2, 0.25) is 5.02 Å². The van der Waals surface area contributed by atoms with E-state index in [9.17, 15) is 14.4 Å². The first-order valence-corrected chi connectivity index (χ1v) is 13.6. The number of nitrogens with one attached hydrogen (secondary N) is 3. The molecule has 3 atom stereocenters. The van der Waals surface area contributed by atoms with Crippen molar-refractivity contribution in [1.29, 1.82) is 0 Å². The number of hydrogen-bond donors (Lipinski definition) is 3. The molecule has 1 aliphatic carbocycles. The van der Waals surface area contributed by atoms with Crippen molar-refractivity contribution in [2.24, 2.45) is 0 Å². The van der Waals surface area contributed by atoms with Crippen molar-refractivity contribution in [3.63, 3.8) is 0 Å². The molecule has 1 saturated carbocycles. The summed E-state index contributed by atoms with van der Waals surface area (Å²) in [6.07, 6.45) is 7.50. The van der Waals surface area contributed by atoms with Crippen molar-refractivity contribution in [2.45, 2.75) is 49.8 Å². The summed E-state index contributed by atoms with van der Waals surface area (Å²) >= 11 is 6.19. The first-order valence-electron chi connectivity index (χ1n) is 13.2. The van der Waals surface area contributed by atoms with Crippen LogP contribution >= 0.6 is 11.6 Å². The maximum atomic E-state index is 13.3. The Hall–Kier alpha value is -3.88. The second-order valence-corrected chi connectivity index (χ2v) is 10.8. The zero-order valence-electron chi connectivity index (χ0n) is 21.3. The standard InChI is InChI=1S/C30H29ClN4O4/c31-23-18-32-25-16-20(7-10-22(23)25)29(38)33-24-11-13-30(12-3-15-39-30)17-26(24)34-28(37)19-5-8-21(9-6-19)35-14-2-1-4-27(35)36/h1-2,4-10,14,16,18,24,26,32H,3,11-13,15,17H2,(H,33,38)(H,34,37)/t24-,26+,30?/m1/s1. The van der Waals surface area contributed by atoms with Gasteiger partial charge in [0.2, 0.25) is 0 Å². The predicted octanol–water partition coefficient (Wildman–Crippen LogP) is 4.60. The molecular weight excluding hydrogens is 516 g/mol. The molecule has 6 rings (SSSR count). The number of aromatic nitrogens is 2. The van der Waals surface area contributed by atoms with E-state index in [1.165, 1.54) is 10.6 Å². The van der Waals surface area contributed by atoms with Gasteiger partial charge in [0.1, 0.15) is 0 Å². The number of amides is 2. The normalized spacial score (nSPS) is 22.7. The minimum Gasteiger partial charge on any atom is -0.375 e. The number of benzene rings is 2. The molecule has 200 valence electrons. The fourth-order valence-corrected chi connectivity index (χ4v) is 6.07. The van der Waals surface area contributed by atoms with Gasteiger partial charge in [-0.05, 0) is 74.6 Å². The van der Waals surface area contributed by atoms with Crippen LogP contribution in [0.5, 0.6) is 0 Å². The van der Waals surface area contributed by atoms with Gasteiger partial charge in [-0.2, -0.15) is 0 Å². The summed E-state index contributed by atoms with van der Waals surface area (Å²) in [4.78, 5) is 41.8. The van der Waals surface area contributed by atoms with Crippen molar-refractivity contribution in [3.05, 3.63) is 99.6 Å². The third-order valence-corrected chi connectivity index (χ3v) is 8.24. The molecule has 2 aliphatic rings. The molecule has 1 aliphatic heterocycles. The first kappa shape index (κ1) is 25.4. The van der Waals surface area contributed by atoms with E-state index in [2.05, 4.69) is 15.6 Å². The molecule has 2 aromatic carbocycles. The quantitative estimate of drug-likeness (QED) is 0.341. The number of halogens is 1. The van der Waals surface area contributed by atoms with Gasteiger partial charge in [-0.25, -0.2) is 0 Å². The SMILES string of the molecule is O=C(N[C@H]1CC2(CCCO2)CC[C@H]1NC(=O)c1ccc2c(Cl)c[nH]c2c1)c1ccc(-n2ccccc2=O)cc1. The Balaban J connectivity index is 1.20. The van der Waals surface area contributed by atoms with Crippen LogP contribution in [-0.2, 0) is 4.74 Å². The van der Waals surface area contributed by atoms with Crippen LogP contribution in [0, 0.1) is 0 Å². The molecular formula is C30H29ClN4O4. The highest BCUT2D eigenvalue weighted by molar-refractivity contribution is 6.35. The van der Waals surface area contributed by atoms with Crippen molar-refractivity contribution in [1.82, 2.24) is 20.2 Å². The number of nitrogens with zero attached hydrogens (tertiary/aromatic N) is 1. The van der Waals surface area contributed by atoms with Crippen LogP contribution in [0.1, 0.15) is 52.8 Å². The van der Waals surface area contributed by atoms with E-state index in [0.717, 1.165) is 36.8 Å². The van der Waals surface area contributed by atoms with E-state index in [1.54, 1.807) is 60.9 Å². The maximum Gasteiger partial charge on any atom is 0.255 e. The van der Waals surface area contributed by atoms with Gasteiger partial charge in [-0.1, -0.05) is 23.7 Å². The molecule has 8 nitrogen and oxygen atoms in total. The van der Waals surface area contributed by atoms with Crippen molar-refractivity contribution < 1.29 is 14.3 Å². The highest BCUT2D eigenvalue weighted by Crippen LogP contribution is 2.40. The number of aromatic amines is 1. The maximum absolute atomic E-state index is 13.3. The summed E-state index contributed by atoms with van der Waals surface area (Å²) in [5.41, 5.74) is 2.07. The van der Waals surface area contributed by atoms with E-state index < -0.39 is 0 Å². The van der Waals surface area contributed by atoms with E-state index in [1.807, 2.05) is 6.07 Å². The Morgan fingerprint density at radius 1 is 0.974 bits per heavy atom. The van der Waals surface area contributed by atoms with E-state index >= 15 is 0 Å². The fraction of sp³-hybridized carbons (Fsp3) is 0.300. The van der Waals surface area contributed by atoms with Gasteiger partial charge < -0.3 is 20.4 Å². The minimum absolute atomic E-state index is 0.143. The number of ether oxygens (including phenoxy) is 1. The second kappa shape index (κ2) is 10.4. The number of fused-ring (bicyclic) bond motifs is 1. The smallest absolute Gasteiger partial charge is 0.255 e. The Morgan fingerprint density at radius 2 is 1.74 bits per heavy atom. The highest BCUT2D eigenvalue weighted by Gasteiger charge is 2.44. The summed E-state index contributed by atoms with van der Waals surface area (Å²) in [5.74, 6) is -0.434. The largest absolute Gasteiger partial charge is 0.375 e. The Bertz CT molecular complexity index is 1590. The molecule has 3 N–H and O–H groups in total. The molecule has 9 heteroatoms. The Morgan fingerprint density at radius 3 is 2.51 bits per heavy atom. The molecule has 3 heterocycles. The topological polar surface area (TPSA) is 105 Å². The molecule has 2 fully saturated rings. The molecule has 0 bridgehead atoms. The Labute approximate surface area is 230 Å². The summed E-state index contributed by atoms with van der Waals surface area (Å²) in [6, 6.07) is 16.7. The average molecular weight is 545 g/mol. The number of rotatable bonds is 5. The second-order valence-electron chi connectivity index (χ2n) is 10.4. The molecule has 39 heavy (non-hydrogen) atoms. The van der Waals surface area contributed by atoms with Crippen LogP contribution in [0.15, 0.2) is 77.9 Å². The number of carbonyl (C=O) groups is 2. The summed E-state index contributed by atoms with van der Waals surface area (Å²) < 4.78 is 7.67. The Kier molecular flexibility index (Phi) is 6.74. The van der Waals surface area contributed by atoms with Crippen LogP contribution in [-0.4, -0.2) is 45.7 Å². The molecule has 1 saturated heterocycles. The summed E-state index contributed by atoms with van der Waals surface area (Å²) in [7, 11) is 0. The van der Waals surface area contributed by atoms with Crippen LogP contribution < -0.4 is 16.2 Å². The minimum atomic E-state index is -0.298. The zero-order chi connectivity index (χ0) is 27.0. The molecule has 0 radical (unpaired) electrons. The molecule has 2 aromatic heterocycles. The van der Waals surface area contributed by atoms with Crippen LogP contribution in [0.25, 0.3) is 16.6 Å². The highest BCUT2D eigenvalue weighted by atomic mass is 35.5. The van der Waals surface area contributed by atoms with E-state index in [-0.39, 0.29) is 35.1 Å². The van der Waals surface area contributed by atoms with Crippen LogP contribution in [0.3, 0.4) is 0 Å². The molecule has 2 amide bonds.